The van der Waals surface area contributed by atoms with Crippen LogP contribution in [-0.2, 0) is 0 Å². The summed E-state index contributed by atoms with van der Waals surface area (Å²) in [4.78, 5) is 1.65. The van der Waals surface area contributed by atoms with Crippen LogP contribution in [0.15, 0.2) is 0 Å². The van der Waals surface area contributed by atoms with Crippen molar-refractivity contribution < 1.29 is 15.7 Å². The number of nitrogens with one attached hydrogen (secondary N) is 1. The Kier molecular flexibility index (Phi) is 3.83. The summed E-state index contributed by atoms with van der Waals surface area (Å²) in [5.41, 5.74) is 3.82. The third kappa shape index (κ3) is 3.18. The van der Waals surface area contributed by atoms with Crippen LogP contribution >= 0.6 is 0 Å². The van der Waals surface area contributed by atoms with Crippen LogP contribution in [0.2, 0.25) is 0 Å². The number of piperidine rings is 1. The highest BCUT2D eigenvalue weighted by atomic mass is 16.3. The Morgan fingerprint density at radius 2 is 2.00 bits per heavy atom. The smallest absolute Gasteiger partial charge is 0.0825 e. The quantitative estimate of drug-likeness (QED) is 0.426. The number of hydrogen-bond acceptors (Lipinski definition) is 1. The van der Waals surface area contributed by atoms with E-state index in [0.717, 1.165) is 32.5 Å². The summed E-state index contributed by atoms with van der Waals surface area (Å²) in [7, 11) is 0. The van der Waals surface area contributed by atoms with E-state index < -0.39 is 0 Å². The lowest BCUT2D eigenvalue weighted by molar-refractivity contribution is -0.906. The Labute approximate surface area is 68.2 Å². The molecule has 0 aliphatic carbocycles. The maximum Gasteiger partial charge on any atom is 0.0825 e. The third-order valence-electron chi connectivity index (χ3n) is 2.44. The second kappa shape index (κ2) is 4.70. The Morgan fingerprint density at radius 3 is 2.55 bits per heavy atom. The van der Waals surface area contributed by atoms with E-state index in [4.69, 9.17) is 0 Å². The van der Waals surface area contributed by atoms with Crippen molar-refractivity contribution in [2.24, 2.45) is 0 Å². The predicted octanol–water partition coefficient (Wildman–Crippen LogP) is -2.34. The minimum absolute atomic E-state index is 0.0153. The van der Waals surface area contributed by atoms with Crippen LogP contribution < -0.4 is 10.6 Å². The van der Waals surface area contributed by atoms with Crippen LogP contribution in [0.4, 0.5) is 0 Å². The summed E-state index contributed by atoms with van der Waals surface area (Å²) in [6.45, 7) is 4.60. The molecule has 0 radical (unpaired) electrons. The van der Waals surface area contributed by atoms with Gasteiger partial charge in [0.1, 0.15) is 0 Å². The number of aliphatic hydroxyl groups is 1. The molecule has 1 fully saturated rings. The van der Waals surface area contributed by atoms with Gasteiger partial charge >= 0.3 is 0 Å². The van der Waals surface area contributed by atoms with Gasteiger partial charge in [-0.05, 0) is 0 Å². The van der Waals surface area contributed by atoms with E-state index >= 15 is 0 Å². The summed E-state index contributed by atoms with van der Waals surface area (Å²) in [5.74, 6) is 0. The zero-order valence-electron chi connectivity index (χ0n) is 7.18. The Hall–Kier alpha value is -0.120. The summed E-state index contributed by atoms with van der Waals surface area (Å²) in [5, 5.41) is 9.23. The molecule has 0 saturated carbocycles. The van der Waals surface area contributed by atoms with Crippen molar-refractivity contribution in [3.05, 3.63) is 0 Å². The molecule has 0 unspecified atom stereocenters. The topological polar surface area (TPSA) is 52.3 Å². The molecule has 1 aliphatic heterocycles. The van der Waals surface area contributed by atoms with E-state index in [1.165, 1.54) is 13.0 Å². The fourth-order valence-corrected chi connectivity index (χ4v) is 1.64. The number of hydrogen-bond donors (Lipinski definition) is 3. The lowest BCUT2D eigenvalue weighted by atomic mass is 10.1. The van der Waals surface area contributed by atoms with Gasteiger partial charge in [-0.1, -0.05) is 0 Å². The normalized spacial score (nSPS) is 32.2. The van der Waals surface area contributed by atoms with E-state index in [0.29, 0.717) is 0 Å². The fraction of sp³-hybridized carbons (Fsp3) is 1.00. The highest BCUT2D eigenvalue weighted by Gasteiger charge is 2.18. The summed E-state index contributed by atoms with van der Waals surface area (Å²) in [6.07, 6.45) is 3.20. The van der Waals surface area contributed by atoms with Gasteiger partial charge in [-0.25, -0.2) is 0 Å². The van der Waals surface area contributed by atoms with Crippen molar-refractivity contribution in [1.82, 2.24) is 0 Å². The number of aliphatic hydroxyl groups excluding tert-OH is 1. The maximum absolute atomic E-state index is 9.23. The van der Waals surface area contributed by atoms with Gasteiger partial charge in [0.05, 0.1) is 32.3 Å². The summed E-state index contributed by atoms with van der Waals surface area (Å²) >= 11 is 0. The van der Waals surface area contributed by atoms with E-state index in [2.05, 4.69) is 5.73 Å². The standard InChI is InChI=1S/C8H18N2O/c9-4-1-5-10-6-2-8(11)3-7-10/h8,11H,1-7,9H2/p+2. The largest absolute Gasteiger partial charge is 0.393 e. The minimum Gasteiger partial charge on any atom is -0.393 e. The van der Waals surface area contributed by atoms with Gasteiger partial charge in [-0.3, -0.25) is 0 Å². The van der Waals surface area contributed by atoms with E-state index in [9.17, 15) is 5.11 Å². The average molecular weight is 160 g/mol. The Balaban J connectivity index is 2.07. The molecule has 0 aromatic carbocycles. The van der Waals surface area contributed by atoms with E-state index in [1.807, 2.05) is 0 Å². The first-order valence-corrected chi connectivity index (χ1v) is 4.64. The lowest BCUT2D eigenvalue weighted by Gasteiger charge is -2.26. The zero-order chi connectivity index (χ0) is 8.10. The van der Waals surface area contributed by atoms with Crippen LogP contribution in [0.25, 0.3) is 0 Å². The second-order valence-electron chi connectivity index (χ2n) is 3.44. The van der Waals surface area contributed by atoms with Crippen LogP contribution in [0.5, 0.6) is 0 Å². The average Bonchev–Trinajstić information content (AvgIpc) is 2.04. The van der Waals surface area contributed by atoms with Crippen molar-refractivity contribution in [3.63, 3.8) is 0 Å². The molecule has 0 spiro atoms. The predicted molar refractivity (Wildman–Crippen MR) is 43.2 cm³/mol. The van der Waals surface area contributed by atoms with Crippen molar-refractivity contribution in [1.29, 1.82) is 0 Å². The molecule has 0 atom stereocenters. The highest BCUT2D eigenvalue weighted by molar-refractivity contribution is 4.57. The molecule has 5 N–H and O–H groups in total. The van der Waals surface area contributed by atoms with Crippen LogP contribution in [-0.4, -0.2) is 37.4 Å². The highest BCUT2D eigenvalue weighted by Crippen LogP contribution is 1.96. The molecule has 3 nitrogen and oxygen atoms in total. The second-order valence-corrected chi connectivity index (χ2v) is 3.44. The van der Waals surface area contributed by atoms with Gasteiger partial charge in [0.2, 0.25) is 0 Å². The summed E-state index contributed by atoms with van der Waals surface area (Å²) in [6, 6.07) is 0. The van der Waals surface area contributed by atoms with Crippen molar-refractivity contribution in [3.8, 4) is 0 Å². The number of quaternary nitrogens is 2. The monoisotopic (exact) mass is 160 g/mol. The zero-order valence-corrected chi connectivity index (χ0v) is 7.18. The Bertz CT molecular complexity index is 97.5. The molecular weight excluding hydrogens is 140 g/mol. The molecule has 0 aromatic heterocycles. The van der Waals surface area contributed by atoms with Crippen LogP contribution in [0.3, 0.4) is 0 Å². The molecular formula is C8H20N2O+2. The molecule has 1 aliphatic rings. The van der Waals surface area contributed by atoms with Crippen LogP contribution in [0.1, 0.15) is 19.3 Å². The van der Waals surface area contributed by atoms with E-state index in [-0.39, 0.29) is 6.10 Å². The molecule has 11 heavy (non-hydrogen) atoms. The van der Waals surface area contributed by atoms with E-state index in [1.54, 1.807) is 4.90 Å². The summed E-state index contributed by atoms with van der Waals surface area (Å²) < 4.78 is 0. The van der Waals surface area contributed by atoms with Gasteiger partial charge in [0.25, 0.3) is 0 Å². The minimum atomic E-state index is -0.0153. The molecule has 0 aromatic rings. The number of likely N-dealkylation sites (tertiary alicyclic amines) is 1. The molecule has 66 valence electrons. The fourth-order valence-electron chi connectivity index (χ4n) is 1.64. The maximum atomic E-state index is 9.23. The lowest BCUT2D eigenvalue weighted by Crippen LogP contribution is -3.13. The number of rotatable bonds is 3. The first kappa shape index (κ1) is 8.97. The van der Waals surface area contributed by atoms with Gasteiger partial charge in [0.15, 0.2) is 0 Å². The SMILES string of the molecule is [NH3+]CCC[NH+]1CCC(O)CC1. The molecule has 1 saturated heterocycles. The van der Waals surface area contributed by atoms with Crippen molar-refractivity contribution in [2.75, 3.05) is 26.2 Å². The molecule has 3 heteroatoms. The molecule has 1 heterocycles. The van der Waals surface area contributed by atoms with Gasteiger partial charge in [-0.15, -0.1) is 0 Å². The molecule has 1 rings (SSSR count). The first-order valence-electron chi connectivity index (χ1n) is 4.64. The molecule has 0 amide bonds. The van der Waals surface area contributed by atoms with Crippen molar-refractivity contribution in [2.45, 2.75) is 25.4 Å². The Morgan fingerprint density at radius 1 is 1.36 bits per heavy atom. The third-order valence-corrected chi connectivity index (χ3v) is 2.44. The van der Waals surface area contributed by atoms with Gasteiger partial charge < -0.3 is 15.7 Å². The van der Waals surface area contributed by atoms with Gasteiger partial charge in [-0.2, -0.15) is 0 Å². The van der Waals surface area contributed by atoms with Crippen LogP contribution in [0, 0.1) is 0 Å². The molecule has 0 bridgehead atoms. The van der Waals surface area contributed by atoms with Gasteiger partial charge in [0, 0.05) is 19.3 Å². The first-order chi connectivity index (χ1) is 5.33. The van der Waals surface area contributed by atoms with Crippen molar-refractivity contribution >= 4 is 0 Å².